The molecule has 0 aliphatic rings. The highest BCUT2D eigenvalue weighted by Gasteiger charge is 2.22. The summed E-state index contributed by atoms with van der Waals surface area (Å²) in [7, 11) is 2.60. The molecule has 2 N–H and O–H groups in total. The van der Waals surface area contributed by atoms with Crippen LogP contribution in [0.2, 0.25) is 0 Å². The molecule has 0 aromatic heterocycles. The minimum absolute atomic E-state index is 0.0255. The molecule has 3 heteroatoms. The van der Waals surface area contributed by atoms with Crippen LogP contribution in [0.25, 0.3) is 0 Å². The minimum atomic E-state index is -0.0660. The van der Waals surface area contributed by atoms with E-state index in [1.54, 1.807) is 0 Å². The van der Waals surface area contributed by atoms with Crippen molar-refractivity contribution in [2.45, 2.75) is 19.0 Å². The lowest BCUT2D eigenvalue weighted by molar-refractivity contribution is 0.129. The Balaban J connectivity index is 3.79. The summed E-state index contributed by atoms with van der Waals surface area (Å²) < 4.78 is 0. The summed E-state index contributed by atoms with van der Waals surface area (Å²) in [6, 6.07) is 0. The molecule has 0 aromatic rings. The third kappa shape index (κ3) is 3.14. The van der Waals surface area contributed by atoms with Crippen molar-refractivity contribution in [2.24, 2.45) is 5.92 Å². The van der Waals surface area contributed by atoms with E-state index in [2.05, 4.69) is 9.24 Å². The van der Waals surface area contributed by atoms with Gasteiger partial charge in [-0.15, -0.1) is 9.24 Å². The normalized spacial score (nSPS) is 12.7. The van der Waals surface area contributed by atoms with E-state index < -0.39 is 0 Å². The smallest absolute Gasteiger partial charge is 0.0489 e. The summed E-state index contributed by atoms with van der Waals surface area (Å²) in [6.07, 6.45) is 0. The maximum Gasteiger partial charge on any atom is 0.0489 e. The molecule has 0 aliphatic heterocycles. The van der Waals surface area contributed by atoms with Crippen molar-refractivity contribution in [2.75, 3.05) is 13.2 Å². The summed E-state index contributed by atoms with van der Waals surface area (Å²) in [6.45, 7) is 4.03. The Morgan fingerprint density at radius 3 is 1.67 bits per heavy atom. The van der Waals surface area contributed by atoms with Crippen molar-refractivity contribution < 1.29 is 10.2 Å². The van der Waals surface area contributed by atoms with E-state index in [0.29, 0.717) is 0 Å². The number of hydrogen-bond donors (Lipinski definition) is 2. The van der Waals surface area contributed by atoms with Crippen molar-refractivity contribution >= 4 is 9.24 Å². The fraction of sp³-hybridized carbons (Fsp3) is 1.00. The zero-order valence-corrected chi connectivity index (χ0v) is 7.12. The molecule has 0 spiro atoms. The van der Waals surface area contributed by atoms with Crippen LogP contribution in [-0.4, -0.2) is 28.6 Å². The van der Waals surface area contributed by atoms with Gasteiger partial charge in [0, 0.05) is 19.1 Å². The van der Waals surface area contributed by atoms with Gasteiger partial charge in [-0.25, -0.2) is 0 Å². The monoisotopic (exact) mass is 150 g/mol. The highest BCUT2D eigenvalue weighted by Crippen LogP contribution is 2.25. The van der Waals surface area contributed by atoms with E-state index in [1.807, 2.05) is 13.8 Å². The Morgan fingerprint density at radius 1 is 1.33 bits per heavy atom. The number of aliphatic hydroxyl groups excluding tert-OH is 2. The molecule has 56 valence electrons. The minimum Gasteiger partial charge on any atom is -0.396 e. The molecule has 1 unspecified atom stereocenters. The number of hydrogen-bond acceptors (Lipinski definition) is 2. The molecule has 9 heavy (non-hydrogen) atoms. The van der Waals surface area contributed by atoms with Crippen LogP contribution in [0.5, 0.6) is 0 Å². The molecule has 0 saturated carbocycles. The van der Waals surface area contributed by atoms with E-state index in [0.717, 1.165) is 0 Å². The maximum absolute atomic E-state index is 8.69. The summed E-state index contributed by atoms with van der Waals surface area (Å²) >= 11 is 0. The molecule has 0 amide bonds. The van der Waals surface area contributed by atoms with Crippen molar-refractivity contribution in [1.29, 1.82) is 0 Å². The Morgan fingerprint density at radius 2 is 1.67 bits per heavy atom. The first-order valence-electron chi connectivity index (χ1n) is 3.03. The fourth-order valence-corrected chi connectivity index (χ4v) is 0.739. The van der Waals surface area contributed by atoms with Gasteiger partial charge in [0.2, 0.25) is 0 Å². The Kier molecular flexibility index (Phi) is 3.64. The first-order valence-corrected chi connectivity index (χ1v) is 3.60. The topological polar surface area (TPSA) is 40.5 Å². The molecule has 0 saturated heterocycles. The molecular weight excluding hydrogens is 135 g/mol. The maximum atomic E-state index is 8.69. The van der Waals surface area contributed by atoms with Gasteiger partial charge in [0.15, 0.2) is 0 Å². The van der Waals surface area contributed by atoms with Crippen LogP contribution < -0.4 is 0 Å². The summed E-state index contributed by atoms with van der Waals surface area (Å²) in [5.41, 5.74) is 0. The third-order valence-electron chi connectivity index (χ3n) is 1.49. The van der Waals surface area contributed by atoms with Gasteiger partial charge in [0.05, 0.1) is 0 Å². The van der Waals surface area contributed by atoms with Gasteiger partial charge in [0.1, 0.15) is 0 Å². The molecule has 2 nitrogen and oxygen atoms in total. The van der Waals surface area contributed by atoms with Crippen molar-refractivity contribution in [1.82, 2.24) is 0 Å². The van der Waals surface area contributed by atoms with Crippen molar-refractivity contribution in [3.8, 4) is 0 Å². The largest absolute Gasteiger partial charge is 0.396 e. The molecular formula is C6H15O2P. The number of rotatable bonds is 3. The second-order valence-electron chi connectivity index (χ2n) is 2.88. The molecule has 0 aromatic carbocycles. The molecule has 1 atom stereocenters. The van der Waals surface area contributed by atoms with E-state index in [4.69, 9.17) is 10.2 Å². The van der Waals surface area contributed by atoms with E-state index in [9.17, 15) is 0 Å². The van der Waals surface area contributed by atoms with Crippen LogP contribution in [-0.2, 0) is 0 Å². The third-order valence-corrected chi connectivity index (χ3v) is 1.96. The summed E-state index contributed by atoms with van der Waals surface area (Å²) in [5, 5.41) is 17.3. The van der Waals surface area contributed by atoms with Gasteiger partial charge >= 0.3 is 0 Å². The Hall–Kier alpha value is 0.350. The van der Waals surface area contributed by atoms with E-state index in [-0.39, 0.29) is 24.3 Å². The zero-order valence-electron chi connectivity index (χ0n) is 5.96. The van der Waals surface area contributed by atoms with Gasteiger partial charge < -0.3 is 10.2 Å². The zero-order chi connectivity index (χ0) is 7.49. The quantitative estimate of drug-likeness (QED) is 0.566. The lowest BCUT2D eigenvalue weighted by Gasteiger charge is -2.26. The molecule has 0 radical (unpaired) electrons. The van der Waals surface area contributed by atoms with Gasteiger partial charge in [-0.1, -0.05) is 13.8 Å². The Labute approximate surface area is 58.5 Å². The SMILES string of the molecule is CC(C)(P)C(CO)CO. The molecule has 0 fully saturated rings. The van der Waals surface area contributed by atoms with Crippen molar-refractivity contribution in [3.63, 3.8) is 0 Å². The van der Waals surface area contributed by atoms with Gasteiger partial charge in [-0.05, 0) is 5.16 Å². The second kappa shape index (κ2) is 3.50. The lowest BCUT2D eigenvalue weighted by atomic mass is 9.97. The van der Waals surface area contributed by atoms with Crippen LogP contribution in [0.3, 0.4) is 0 Å². The first kappa shape index (κ1) is 9.35. The highest BCUT2D eigenvalue weighted by atomic mass is 31.0. The van der Waals surface area contributed by atoms with Gasteiger partial charge in [-0.2, -0.15) is 0 Å². The average molecular weight is 150 g/mol. The summed E-state index contributed by atoms with van der Waals surface area (Å²) in [5.74, 6) is -0.0255. The van der Waals surface area contributed by atoms with Crippen LogP contribution in [0.1, 0.15) is 13.8 Å². The highest BCUT2D eigenvalue weighted by molar-refractivity contribution is 7.18. The number of aliphatic hydroxyl groups is 2. The molecule has 0 rings (SSSR count). The van der Waals surface area contributed by atoms with E-state index >= 15 is 0 Å². The predicted octanol–water partition coefficient (Wildman–Crippen LogP) is 0.241. The average Bonchev–Trinajstić information content (AvgIpc) is 1.65. The summed E-state index contributed by atoms with van der Waals surface area (Å²) in [4.78, 5) is 0. The van der Waals surface area contributed by atoms with Gasteiger partial charge in [-0.3, -0.25) is 0 Å². The van der Waals surface area contributed by atoms with Crippen molar-refractivity contribution in [3.05, 3.63) is 0 Å². The molecule has 0 heterocycles. The fourth-order valence-electron chi connectivity index (χ4n) is 0.528. The Bertz CT molecular complexity index is 73.6. The first-order chi connectivity index (χ1) is 4.02. The van der Waals surface area contributed by atoms with E-state index in [1.165, 1.54) is 0 Å². The van der Waals surface area contributed by atoms with Crippen LogP contribution in [0.4, 0.5) is 0 Å². The standard InChI is InChI=1S/C6H15O2P/c1-6(2,9)5(3-7)4-8/h5,7-8H,3-4,9H2,1-2H3. The molecule has 0 aliphatic carbocycles. The second-order valence-corrected chi connectivity index (χ2v) is 4.37. The van der Waals surface area contributed by atoms with Crippen LogP contribution in [0.15, 0.2) is 0 Å². The predicted molar refractivity (Wildman–Crippen MR) is 41.5 cm³/mol. The van der Waals surface area contributed by atoms with Crippen LogP contribution in [0, 0.1) is 5.92 Å². The molecule has 0 bridgehead atoms. The lowest BCUT2D eigenvalue weighted by Crippen LogP contribution is -2.30. The van der Waals surface area contributed by atoms with Gasteiger partial charge in [0.25, 0.3) is 0 Å². The van der Waals surface area contributed by atoms with Crippen LogP contribution >= 0.6 is 9.24 Å².